The van der Waals surface area contributed by atoms with Crippen LogP contribution in [0.1, 0.15) is 57.0 Å². The van der Waals surface area contributed by atoms with E-state index in [0.29, 0.717) is 24.4 Å². The van der Waals surface area contributed by atoms with Gasteiger partial charge in [0.15, 0.2) is 16.5 Å². The minimum absolute atomic E-state index is 0.00794. The van der Waals surface area contributed by atoms with Crippen molar-refractivity contribution in [3.05, 3.63) is 72.2 Å². The number of aliphatic hydroxyl groups excluding tert-OH is 1. The normalized spacial score (nSPS) is 38.2. The third kappa shape index (κ3) is 3.77. The molecule has 0 spiro atoms. The summed E-state index contributed by atoms with van der Waals surface area (Å²) in [4.78, 5) is 44.0. The van der Waals surface area contributed by atoms with Crippen LogP contribution in [-0.2, 0) is 14.3 Å². The minimum Gasteiger partial charge on any atom is -0.457 e. The second-order valence-electron chi connectivity index (χ2n) is 12.9. The predicted molar refractivity (Wildman–Crippen MR) is 163 cm³/mol. The fourth-order valence-corrected chi connectivity index (χ4v) is 10.4. The number of thiazole rings is 1. The van der Waals surface area contributed by atoms with E-state index >= 15 is 0 Å². The number of para-hydroxylation sites is 1. The SMILES string of the molecule is C[C@@H]1CC2C3CCC4=CC(=O)C=CC4(C)[C@@]3(Cl)[C@@H](O)CC2(C)[C@@]1(OC(=O)c1ccco1)C(=O)Nc1nc2ccccc2s1. The third-order valence-electron chi connectivity index (χ3n) is 11.0. The Balaban J connectivity index is 1.33. The summed E-state index contributed by atoms with van der Waals surface area (Å²) in [6, 6.07) is 10.7. The van der Waals surface area contributed by atoms with E-state index < -0.39 is 45.2 Å². The van der Waals surface area contributed by atoms with Gasteiger partial charge in [-0.25, -0.2) is 9.78 Å². The van der Waals surface area contributed by atoms with Crippen LogP contribution >= 0.6 is 22.9 Å². The Bertz CT molecular complexity index is 1680. The number of rotatable bonds is 4. The lowest BCUT2D eigenvalue weighted by Gasteiger charge is -2.64. The van der Waals surface area contributed by atoms with Gasteiger partial charge in [0.2, 0.25) is 5.76 Å². The number of nitrogens with zero attached hydrogens (tertiary/aromatic N) is 1. The standard InChI is InChI=1S/C33H33ClN2O6S/c1-18-15-22-21-11-10-19-16-20(37)12-13-30(19,2)32(21,34)26(38)17-31(22,3)33(18,42-27(39)24-8-6-14-41-24)28(40)36-29-35-23-7-4-5-9-25(23)43-29/h4-9,12-14,16,18,21-22,26,38H,10-11,15,17H2,1-3H3,(H,35,36,40)/t18-,21?,22?,26+,30?,31?,32+,33+/m1/s1. The van der Waals surface area contributed by atoms with Crippen molar-refractivity contribution >= 4 is 55.9 Å². The second kappa shape index (κ2) is 9.61. The average molecular weight is 621 g/mol. The van der Waals surface area contributed by atoms with Gasteiger partial charge in [0.25, 0.3) is 5.91 Å². The number of aliphatic hydroxyl groups is 1. The number of carbonyl (C=O) groups is 3. The highest BCUT2D eigenvalue weighted by atomic mass is 35.5. The summed E-state index contributed by atoms with van der Waals surface area (Å²) >= 11 is 8.96. The van der Waals surface area contributed by atoms with Crippen LogP contribution < -0.4 is 5.32 Å². The molecular formula is C33H33ClN2O6S. The molecule has 7 rings (SSSR count). The Kier molecular flexibility index (Phi) is 6.37. The number of nitrogens with one attached hydrogen (secondary N) is 1. The van der Waals surface area contributed by atoms with Crippen LogP contribution in [0.4, 0.5) is 5.13 Å². The lowest BCUT2D eigenvalue weighted by molar-refractivity contribution is -0.176. The number of halogens is 1. The van der Waals surface area contributed by atoms with Crippen LogP contribution in [0.15, 0.2) is 70.9 Å². The number of furan rings is 1. The molecule has 4 unspecified atom stereocenters. The molecule has 43 heavy (non-hydrogen) atoms. The first-order chi connectivity index (χ1) is 20.4. The van der Waals surface area contributed by atoms with Gasteiger partial charge in [0.05, 0.1) is 27.5 Å². The number of hydrogen-bond acceptors (Lipinski definition) is 8. The topological polar surface area (TPSA) is 119 Å². The van der Waals surface area contributed by atoms with Gasteiger partial charge in [-0.1, -0.05) is 55.9 Å². The molecule has 0 aliphatic heterocycles. The van der Waals surface area contributed by atoms with E-state index in [-0.39, 0.29) is 29.8 Å². The van der Waals surface area contributed by atoms with E-state index in [4.69, 9.17) is 20.8 Å². The number of anilines is 1. The smallest absolute Gasteiger partial charge is 0.375 e. The molecule has 3 aromatic rings. The molecular weight excluding hydrogens is 588 g/mol. The van der Waals surface area contributed by atoms with Crippen LogP contribution in [0, 0.1) is 28.6 Å². The van der Waals surface area contributed by atoms with Gasteiger partial charge in [0.1, 0.15) is 0 Å². The molecule has 4 aliphatic carbocycles. The summed E-state index contributed by atoms with van der Waals surface area (Å²) < 4.78 is 12.6. The molecule has 4 aliphatic rings. The Hall–Kier alpha value is -3.27. The molecule has 1 amide bonds. The van der Waals surface area contributed by atoms with Crippen LogP contribution in [0.3, 0.4) is 0 Å². The summed E-state index contributed by atoms with van der Waals surface area (Å²) in [5, 5.41) is 15.5. The van der Waals surface area contributed by atoms with Gasteiger partial charge in [-0.05, 0) is 73.9 Å². The molecule has 2 aromatic heterocycles. The number of aromatic nitrogens is 1. The molecule has 3 fully saturated rings. The van der Waals surface area contributed by atoms with E-state index in [1.807, 2.05) is 51.1 Å². The number of alkyl halides is 1. The highest BCUT2D eigenvalue weighted by Crippen LogP contribution is 2.72. The monoisotopic (exact) mass is 620 g/mol. The van der Waals surface area contributed by atoms with Gasteiger partial charge >= 0.3 is 5.97 Å². The number of fused-ring (bicyclic) bond motifs is 6. The zero-order chi connectivity index (χ0) is 30.4. The third-order valence-corrected chi connectivity index (χ3v) is 12.9. The van der Waals surface area contributed by atoms with Crippen molar-refractivity contribution < 1.29 is 28.6 Å². The van der Waals surface area contributed by atoms with Crippen LogP contribution in [0.5, 0.6) is 0 Å². The first kappa shape index (κ1) is 28.5. The highest BCUT2D eigenvalue weighted by Gasteiger charge is 2.76. The van der Waals surface area contributed by atoms with E-state index in [0.717, 1.165) is 15.8 Å². The van der Waals surface area contributed by atoms with Gasteiger partial charge in [-0.2, -0.15) is 0 Å². The van der Waals surface area contributed by atoms with Gasteiger partial charge in [-0.3, -0.25) is 14.9 Å². The number of esters is 1. The molecule has 0 saturated heterocycles. The zero-order valence-electron chi connectivity index (χ0n) is 24.1. The average Bonchev–Trinajstić information content (AvgIpc) is 3.69. The van der Waals surface area contributed by atoms with Crippen LogP contribution in [0.25, 0.3) is 10.2 Å². The molecule has 8 atom stereocenters. The van der Waals surface area contributed by atoms with Crippen molar-refractivity contribution in [2.75, 3.05) is 5.32 Å². The van der Waals surface area contributed by atoms with Crippen molar-refractivity contribution in [3.8, 4) is 0 Å². The van der Waals surface area contributed by atoms with E-state index in [9.17, 15) is 19.5 Å². The number of allylic oxidation sites excluding steroid dienone is 4. The molecule has 0 radical (unpaired) electrons. The Morgan fingerprint density at radius 3 is 2.72 bits per heavy atom. The van der Waals surface area contributed by atoms with Gasteiger partial charge < -0.3 is 14.3 Å². The first-order valence-corrected chi connectivity index (χ1v) is 15.9. The number of amides is 1. The molecule has 3 saturated carbocycles. The summed E-state index contributed by atoms with van der Waals surface area (Å²) in [7, 11) is 0. The quantitative estimate of drug-likeness (QED) is 0.259. The number of hydrogen-bond donors (Lipinski definition) is 2. The second-order valence-corrected chi connectivity index (χ2v) is 14.6. The highest BCUT2D eigenvalue weighted by molar-refractivity contribution is 7.22. The van der Waals surface area contributed by atoms with Crippen LogP contribution in [-0.4, -0.2) is 44.3 Å². The summed E-state index contributed by atoms with van der Waals surface area (Å²) in [5.41, 5.74) is -1.71. The number of ether oxygens (including phenoxy) is 1. The minimum atomic E-state index is -1.66. The summed E-state index contributed by atoms with van der Waals surface area (Å²) in [6.07, 6.45) is 7.31. The van der Waals surface area contributed by atoms with Gasteiger partial charge in [0, 0.05) is 16.7 Å². The molecule has 1 aromatic carbocycles. The maximum atomic E-state index is 14.6. The lowest BCUT2D eigenvalue weighted by Crippen LogP contribution is -2.70. The summed E-state index contributed by atoms with van der Waals surface area (Å²) in [6.45, 7) is 5.87. The van der Waals surface area contributed by atoms with Crippen molar-refractivity contribution in [1.82, 2.24) is 4.98 Å². The van der Waals surface area contributed by atoms with E-state index in [1.54, 1.807) is 12.1 Å². The zero-order valence-corrected chi connectivity index (χ0v) is 25.7. The maximum absolute atomic E-state index is 14.6. The van der Waals surface area contributed by atoms with Crippen molar-refractivity contribution in [2.24, 2.45) is 28.6 Å². The molecule has 0 bridgehead atoms. The lowest BCUT2D eigenvalue weighted by atomic mass is 9.45. The molecule has 10 heteroatoms. The predicted octanol–water partition coefficient (Wildman–Crippen LogP) is 6.31. The van der Waals surface area contributed by atoms with Crippen molar-refractivity contribution in [2.45, 2.75) is 63.0 Å². The molecule has 2 heterocycles. The number of benzene rings is 1. The van der Waals surface area contributed by atoms with E-state index in [2.05, 4.69) is 10.3 Å². The first-order valence-electron chi connectivity index (χ1n) is 14.7. The number of carbonyl (C=O) groups excluding carboxylic acids is 3. The summed E-state index contributed by atoms with van der Waals surface area (Å²) in [5.74, 6) is -2.12. The Morgan fingerprint density at radius 2 is 1.98 bits per heavy atom. The molecule has 8 nitrogen and oxygen atoms in total. The van der Waals surface area contributed by atoms with Crippen molar-refractivity contribution in [1.29, 1.82) is 0 Å². The molecule has 2 N–H and O–H groups in total. The van der Waals surface area contributed by atoms with E-state index in [1.165, 1.54) is 29.7 Å². The number of ketones is 1. The van der Waals surface area contributed by atoms with Crippen LogP contribution in [0.2, 0.25) is 0 Å². The maximum Gasteiger partial charge on any atom is 0.375 e. The fraction of sp³-hybridized carbons (Fsp3) is 0.455. The van der Waals surface area contributed by atoms with Crippen molar-refractivity contribution in [3.63, 3.8) is 0 Å². The largest absolute Gasteiger partial charge is 0.457 e. The Morgan fingerprint density at radius 1 is 1.19 bits per heavy atom. The Labute approximate surface area is 258 Å². The fourth-order valence-electron chi connectivity index (χ4n) is 8.98. The van der Waals surface area contributed by atoms with Gasteiger partial charge in [-0.15, -0.1) is 11.6 Å². The molecule has 224 valence electrons.